The van der Waals surface area contributed by atoms with E-state index in [1.54, 1.807) is 6.07 Å². The quantitative estimate of drug-likeness (QED) is 0.894. The van der Waals surface area contributed by atoms with Crippen molar-refractivity contribution < 1.29 is 14.2 Å². The SMILES string of the molecule is Cc1ccc(C)c(Oc2ccc(CO)cc2F)c1. The highest BCUT2D eigenvalue weighted by Crippen LogP contribution is 2.28. The summed E-state index contributed by atoms with van der Waals surface area (Å²) >= 11 is 0. The average molecular weight is 246 g/mol. The molecule has 1 N–H and O–H groups in total. The number of hydrogen-bond donors (Lipinski definition) is 1. The van der Waals surface area contributed by atoms with E-state index in [4.69, 9.17) is 9.84 Å². The van der Waals surface area contributed by atoms with Crippen molar-refractivity contribution in [2.24, 2.45) is 0 Å². The Morgan fingerprint density at radius 2 is 1.83 bits per heavy atom. The van der Waals surface area contributed by atoms with Crippen LogP contribution in [0.5, 0.6) is 11.5 Å². The van der Waals surface area contributed by atoms with Crippen LogP contribution in [0.25, 0.3) is 0 Å². The van der Waals surface area contributed by atoms with Crippen LogP contribution in [0.15, 0.2) is 36.4 Å². The van der Waals surface area contributed by atoms with Crippen molar-refractivity contribution in [2.45, 2.75) is 20.5 Å². The van der Waals surface area contributed by atoms with Crippen molar-refractivity contribution in [1.29, 1.82) is 0 Å². The van der Waals surface area contributed by atoms with Crippen LogP contribution in [0, 0.1) is 19.7 Å². The van der Waals surface area contributed by atoms with Crippen molar-refractivity contribution in [3.05, 3.63) is 58.9 Å². The highest BCUT2D eigenvalue weighted by atomic mass is 19.1. The summed E-state index contributed by atoms with van der Waals surface area (Å²) in [5, 5.41) is 8.92. The first-order valence-corrected chi connectivity index (χ1v) is 5.74. The van der Waals surface area contributed by atoms with Crippen molar-refractivity contribution in [2.75, 3.05) is 0 Å². The van der Waals surface area contributed by atoms with E-state index in [-0.39, 0.29) is 12.4 Å². The number of aryl methyl sites for hydroxylation is 2. The number of hydrogen-bond acceptors (Lipinski definition) is 2. The average Bonchev–Trinajstić information content (AvgIpc) is 2.36. The lowest BCUT2D eigenvalue weighted by Crippen LogP contribution is -1.93. The summed E-state index contributed by atoms with van der Waals surface area (Å²) in [6.07, 6.45) is 0. The van der Waals surface area contributed by atoms with E-state index in [2.05, 4.69) is 0 Å². The number of rotatable bonds is 3. The van der Waals surface area contributed by atoms with E-state index >= 15 is 0 Å². The molecular weight excluding hydrogens is 231 g/mol. The first kappa shape index (κ1) is 12.6. The highest BCUT2D eigenvalue weighted by Gasteiger charge is 2.07. The molecule has 0 unspecified atom stereocenters. The first-order valence-electron chi connectivity index (χ1n) is 5.74. The van der Waals surface area contributed by atoms with Crippen molar-refractivity contribution >= 4 is 0 Å². The van der Waals surface area contributed by atoms with Crippen LogP contribution in [0.1, 0.15) is 16.7 Å². The Morgan fingerprint density at radius 1 is 1.06 bits per heavy atom. The van der Waals surface area contributed by atoms with E-state index in [9.17, 15) is 4.39 Å². The molecule has 2 rings (SSSR count). The van der Waals surface area contributed by atoms with E-state index in [0.29, 0.717) is 11.3 Å². The zero-order valence-corrected chi connectivity index (χ0v) is 10.4. The monoisotopic (exact) mass is 246 g/mol. The van der Waals surface area contributed by atoms with Crippen molar-refractivity contribution in [3.8, 4) is 11.5 Å². The molecule has 3 heteroatoms. The Balaban J connectivity index is 2.31. The number of halogens is 1. The summed E-state index contributed by atoms with van der Waals surface area (Å²) in [5.41, 5.74) is 2.54. The summed E-state index contributed by atoms with van der Waals surface area (Å²) < 4.78 is 19.3. The van der Waals surface area contributed by atoms with Crippen LogP contribution in [0.3, 0.4) is 0 Å². The predicted octanol–water partition coefficient (Wildman–Crippen LogP) is 3.73. The Morgan fingerprint density at radius 3 is 2.50 bits per heavy atom. The molecule has 0 spiro atoms. The molecule has 0 amide bonds. The number of aliphatic hydroxyl groups excluding tert-OH is 1. The van der Waals surface area contributed by atoms with Crippen LogP contribution in [0.2, 0.25) is 0 Å². The van der Waals surface area contributed by atoms with Gasteiger partial charge < -0.3 is 9.84 Å². The standard InChI is InChI=1S/C15H15FO2/c1-10-3-4-11(2)15(7-10)18-14-6-5-12(9-17)8-13(14)16/h3-8,17H,9H2,1-2H3. The predicted molar refractivity (Wildman–Crippen MR) is 68.3 cm³/mol. The zero-order valence-electron chi connectivity index (χ0n) is 10.4. The smallest absolute Gasteiger partial charge is 0.166 e. The fourth-order valence-electron chi connectivity index (χ4n) is 1.66. The Kier molecular flexibility index (Phi) is 3.63. The normalized spacial score (nSPS) is 10.4. The Bertz CT molecular complexity index is 564. The number of ether oxygens (including phenoxy) is 1. The lowest BCUT2D eigenvalue weighted by molar-refractivity contribution is 0.281. The van der Waals surface area contributed by atoms with Gasteiger partial charge in [0.25, 0.3) is 0 Å². The minimum Gasteiger partial charge on any atom is -0.454 e. The molecule has 0 aliphatic carbocycles. The summed E-state index contributed by atoms with van der Waals surface area (Å²) in [4.78, 5) is 0. The lowest BCUT2D eigenvalue weighted by Gasteiger charge is -2.10. The van der Waals surface area contributed by atoms with E-state index in [1.165, 1.54) is 12.1 Å². The maximum absolute atomic E-state index is 13.7. The molecule has 0 aliphatic heterocycles. The van der Waals surface area contributed by atoms with Gasteiger partial charge in [0, 0.05) is 0 Å². The van der Waals surface area contributed by atoms with E-state index in [1.807, 2.05) is 32.0 Å². The van der Waals surface area contributed by atoms with Gasteiger partial charge in [0.15, 0.2) is 11.6 Å². The second-order valence-corrected chi connectivity index (χ2v) is 4.29. The minimum absolute atomic E-state index is 0.168. The molecule has 0 saturated heterocycles. The lowest BCUT2D eigenvalue weighted by atomic mass is 10.1. The highest BCUT2D eigenvalue weighted by molar-refractivity contribution is 5.40. The number of aliphatic hydroxyl groups is 1. The van der Waals surface area contributed by atoms with E-state index in [0.717, 1.165) is 11.1 Å². The van der Waals surface area contributed by atoms with Gasteiger partial charge in [-0.2, -0.15) is 0 Å². The maximum Gasteiger partial charge on any atom is 0.166 e. The fourth-order valence-corrected chi connectivity index (χ4v) is 1.66. The van der Waals surface area contributed by atoms with Crippen molar-refractivity contribution in [3.63, 3.8) is 0 Å². The first-order chi connectivity index (χ1) is 8.60. The minimum atomic E-state index is -0.470. The molecule has 0 aromatic heterocycles. The number of benzene rings is 2. The molecule has 0 fully saturated rings. The van der Waals surface area contributed by atoms with Crippen LogP contribution < -0.4 is 4.74 Å². The van der Waals surface area contributed by atoms with Gasteiger partial charge in [-0.05, 0) is 48.7 Å². The van der Waals surface area contributed by atoms with Gasteiger partial charge in [-0.25, -0.2) is 4.39 Å². The van der Waals surface area contributed by atoms with Crippen molar-refractivity contribution in [1.82, 2.24) is 0 Å². The molecule has 0 bridgehead atoms. The van der Waals surface area contributed by atoms with Crippen LogP contribution in [-0.4, -0.2) is 5.11 Å². The molecule has 0 atom stereocenters. The second-order valence-electron chi connectivity index (χ2n) is 4.29. The molecule has 18 heavy (non-hydrogen) atoms. The summed E-state index contributed by atoms with van der Waals surface area (Å²) in [5.74, 6) is 0.342. The van der Waals surface area contributed by atoms with Gasteiger partial charge in [-0.3, -0.25) is 0 Å². The van der Waals surface area contributed by atoms with Crippen LogP contribution in [-0.2, 0) is 6.61 Å². The van der Waals surface area contributed by atoms with Gasteiger partial charge in [-0.15, -0.1) is 0 Å². The largest absolute Gasteiger partial charge is 0.454 e. The van der Waals surface area contributed by atoms with Gasteiger partial charge in [0.05, 0.1) is 6.61 Å². The molecule has 0 aliphatic rings. The van der Waals surface area contributed by atoms with Gasteiger partial charge in [0.1, 0.15) is 5.75 Å². The molecule has 2 nitrogen and oxygen atoms in total. The van der Waals surface area contributed by atoms with Gasteiger partial charge >= 0.3 is 0 Å². The molecule has 0 heterocycles. The third kappa shape index (κ3) is 2.68. The Labute approximate surface area is 106 Å². The molecule has 94 valence electrons. The summed E-state index contributed by atoms with van der Waals surface area (Å²) in [6.45, 7) is 3.69. The summed E-state index contributed by atoms with van der Waals surface area (Å²) in [6, 6.07) is 10.2. The molecule has 2 aromatic carbocycles. The third-order valence-corrected chi connectivity index (χ3v) is 2.74. The molecule has 2 aromatic rings. The molecular formula is C15H15FO2. The second kappa shape index (κ2) is 5.19. The van der Waals surface area contributed by atoms with Gasteiger partial charge in [0.2, 0.25) is 0 Å². The van der Waals surface area contributed by atoms with Gasteiger partial charge in [-0.1, -0.05) is 18.2 Å². The third-order valence-electron chi connectivity index (χ3n) is 2.74. The molecule has 0 radical (unpaired) electrons. The fraction of sp³-hybridized carbons (Fsp3) is 0.200. The van der Waals surface area contributed by atoms with Crippen LogP contribution >= 0.6 is 0 Å². The zero-order chi connectivity index (χ0) is 13.1. The summed E-state index contributed by atoms with van der Waals surface area (Å²) in [7, 11) is 0. The maximum atomic E-state index is 13.7. The van der Waals surface area contributed by atoms with E-state index < -0.39 is 5.82 Å². The molecule has 0 saturated carbocycles. The Hall–Kier alpha value is -1.87. The topological polar surface area (TPSA) is 29.5 Å². The van der Waals surface area contributed by atoms with Crippen LogP contribution in [0.4, 0.5) is 4.39 Å².